The second-order valence-electron chi connectivity index (χ2n) is 4.46. The van der Waals surface area contributed by atoms with E-state index in [2.05, 4.69) is 0 Å². The Morgan fingerprint density at radius 2 is 1.05 bits per heavy atom. The summed E-state index contributed by atoms with van der Waals surface area (Å²) in [5.74, 6) is -29.3. The molecule has 1 aliphatic carbocycles. The van der Waals surface area contributed by atoms with Crippen LogP contribution in [-0.4, -0.2) is 29.4 Å². The Bertz CT molecular complexity index is 425. The van der Waals surface area contributed by atoms with Crippen LogP contribution < -0.4 is 0 Å². The van der Waals surface area contributed by atoms with Crippen LogP contribution in [-0.2, 0) is 0 Å². The van der Waals surface area contributed by atoms with Gasteiger partial charge in [-0.05, 0) is 13.8 Å². The molecule has 0 aromatic heterocycles. The highest BCUT2D eigenvalue weighted by Crippen LogP contribution is 2.63. The fraction of sp³-hybridized carbons (Fsp3) is 0.778. The Morgan fingerprint density at radius 1 is 0.737 bits per heavy atom. The lowest BCUT2D eigenvalue weighted by Gasteiger charge is -2.43. The van der Waals surface area contributed by atoms with E-state index in [4.69, 9.17) is 0 Å². The van der Waals surface area contributed by atoms with E-state index in [9.17, 15) is 43.9 Å². The molecule has 0 aromatic carbocycles. The Kier molecular flexibility index (Phi) is 3.02. The largest absolute Gasteiger partial charge is 0.385 e. The zero-order chi connectivity index (χ0) is 15.7. The second-order valence-corrected chi connectivity index (χ2v) is 4.46. The first-order valence-electron chi connectivity index (χ1n) is 4.64. The minimum absolute atomic E-state index is 0.0748. The van der Waals surface area contributed by atoms with Crippen molar-refractivity contribution in [2.45, 2.75) is 43.2 Å². The molecule has 112 valence electrons. The standard InChI is InChI=1S/C9H6F10/c1-5(2,11)3-4(10)7(14,15)9(18,19)8(16,17)6(3,12)13/h1-2H3. The highest BCUT2D eigenvalue weighted by Gasteiger charge is 2.87. The number of hydrogen-bond donors (Lipinski definition) is 0. The van der Waals surface area contributed by atoms with Gasteiger partial charge >= 0.3 is 23.7 Å². The smallest absolute Gasteiger partial charge is 0.239 e. The molecule has 0 N–H and O–H groups in total. The topological polar surface area (TPSA) is 0 Å². The van der Waals surface area contributed by atoms with Gasteiger partial charge in [0.15, 0.2) is 5.83 Å². The molecular weight excluding hydrogens is 298 g/mol. The first-order chi connectivity index (χ1) is 8.03. The highest BCUT2D eigenvalue weighted by molar-refractivity contribution is 5.40. The molecule has 0 heterocycles. The van der Waals surface area contributed by atoms with Gasteiger partial charge in [-0.25, -0.2) is 8.78 Å². The van der Waals surface area contributed by atoms with Gasteiger partial charge in [-0.3, -0.25) is 0 Å². The predicted molar refractivity (Wildman–Crippen MR) is 43.1 cm³/mol. The predicted octanol–water partition coefficient (Wildman–Crippen LogP) is 4.51. The van der Waals surface area contributed by atoms with Gasteiger partial charge in [-0.2, -0.15) is 35.1 Å². The summed E-state index contributed by atoms with van der Waals surface area (Å²) in [5.41, 5.74) is -6.67. The molecular formula is C9H6F10. The van der Waals surface area contributed by atoms with Crippen molar-refractivity contribution in [1.82, 2.24) is 0 Å². The maximum absolute atomic E-state index is 13.3. The summed E-state index contributed by atoms with van der Waals surface area (Å²) in [6.07, 6.45) is 0. The van der Waals surface area contributed by atoms with Crippen LogP contribution in [0.5, 0.6) is 0 Å². The fourth-order valence-electron chi connectivity index (χ4n) is 1.62. The molecule has 0 radical (unpaired) electrons. The van der Waals surface area contributed by atoms with Crippen LogP contribution >= 0.6 is 0 Å². The third-order valence-corrected chi connectivity index (χ3v) is 2.59. The Hall–Kier alpha value is -0.960. The molecule has 1 aliphatic rings. The summed E-state index contributed by atoms with van der Waals surface area (Å²) in [4.78, 5) is 0. The van der Waals surface area contributed by atoms with Crippen LogP contribution in [0.4, 0.5) is 43.9 Å². The zero-order valence-corrected chi connectivity index (χ0v) is 9.28. The molecule has 0 spiro atoms. The lowest BCUT2D eigenvalue weighted by atomic mass is 9.79. The van der Waals surface area contributed by atoms with Crippen LogP contribution in [0.15, 0.2) is 11.4 Å². The van der Waals surface area contributed by atoms with E-state index >= 15 is 0 Å². The maximum atomic E-state index is 13.3. The van der Waals surface area contributed by atoms with Crippen molar-refractivity contribution < 1.29 is 43.9 Å². The summed E-state index contributed by atoms with van der Waals surface area (Å²) in [6, 6.07) is 0. The fourth-order valence-corrected chi connectivity index (χ4v) is 1.62. The molecule has 0 aliphatic heterocycles. The van der Waals surface area contributed by atoms with Gasteiger partial charge in [0.25, 0.3) is 0 Å². The molecule has 0 aromatic rings. The average molecular weight is 304 g/mol. The minimum atomic E-state index is -6.69. The van der Waals surface area contributed by atoms with Crippen molar-refractivity contribution in [2.24, 2.45) is 0 Å². The monoisotopic (exact) mass is 304 g/mol. The Morgan fingerprint density at radius 3 is 1.37 bits per heavy atom. The van der Waals surface area contributed by atoms with Crippen molar-refractivity contribution in [3.8, 4) is 0 Å². The maximum Gasteiger partial charge on any atom is 0.385 e. The van der Waals surface area contributed by atoms with E-state index in [0.29, 0.717) is 0 Å². The van der Waals surface area contributed by atoms with Gasteiger partial charge in [0.05, 0.1) is 5.57 Å². The lowest BCUT2D eigenvalue weighted by molar-refractivity contribution is -0.365. The average Bonchev–Trinajstić information content (AvgIpc) is 2.12. The van der Waals surface area contributed by atoms with Crippen molar-refractivity contribution in [3.63, 3.8) is 0 Å². The zero-order valence-electron chi connectivity index (χ0n) is 9.28. The summed E-state index contributed by atoms with van der Waals surface area (Å²) in [6.45, 7) is 0.150. The molecule has 0 nitrogen and oxygen atoms in total. The molecule has 0 saturated carbocycles. The molecule has 0 saturated heterocycles. The summed E-state index contributed by atoms with van der Waals surface area (Å²) < 4.78 is 129. The van der Waals surface area contributed by atoms with Crippen molar-refractivity contribution in [3.05, 3.63) is 11.4 Å². The van der Waals surface area contributed by atoms with Gasteiger partial charge in [0.1, 0.15) is 5.67 Å². The van der Waals surface area contributed by atoms with E-state index < -0.39 is 40.8 Å². The van der Waals surface area contributed by atoms with Gasteiger partial charge in [0.2, 0.25) is 0 Å². The highest BCUT2D eigenvalue weighted by atomic mass is 19.4. The van der Waals surface area contributed by atoms with Crippen molar-refractivity contribution in [1.29, 1.82) is 0 Å². The third-order valence-electron chi connectivity index (χ3n) is 2.59. The van der Waals surface area contributed by atoms with Crippen LogP contribution in [0.1, 0.15) is 13.8 Å². The molecule has 0 unspecified atom stereocenters. The van der Waals surface area contributed by atoms with E-state index in [1.165, 1.54) is 0 Å². The summed E-state index contributed by atoms with van der Waals surface area (Å²) >= 11 is 0. The first-order valence-corrected chi connectivity index (χ1v) is 4.64. The summed E-state index contributed by atoms with van der Waals surface area (Å²) in [5, 5.41) is 0. The van der Waals surface area contributed by atoms with Crippen LogP contribution in [0.3, 0.4) is 0 Å². The van der Waals surface area contributed by atoms with Gasteiger partial charge in [-0.15, -0.1) is 0 Å². The molecule has 1 rings (SSSR count). The van der Waals surface area contributed by atoms with Crippen molar-refractivity contribution in [2.75, 3.05) is 0 Å². The van der Waals surface area contributed by atoms with Gasteiger partial charge in [0, 0.05) is 0 Å². The van der Waals surface area contributed by atoms with E-state index in [1.54, 1.807) is 0 Å². The first kappa shape index (κ1) is 16.1. The van der Waals surface area contributed by atoms with Crippen molar-refractivity contribution >= 4 is 0 Å². The molecule has 0 fully saturated rings. The molecule has 0 amide bonds. The molecule has 19 heavy (non-hydrogen) atoms. The van der Waals surface area contributed by atoms with Gasteiger partial charge < -0.3 is 0 Å². The Labute approximate surface area is 99.6 Å². The molecule has 10 heteroatoms. The number of halogens is 10. The number of hydrogen-bond acceptors (Lipinski definition) is 0. The Balaban J connectivity index is 3.82. The number of alkyl halides is 9. The van der Waals surface area contributed by atoms with Gasteiger partial charge in [-0.1, -0.05) is 0 Å². The van der Waals surface area contributed by atoms with E-state index in [0.717, 1.165) is 0 Å². The van der Waals surface area contributed by atoms with Crippen LogP contribution in [0, 0.1) is 0 Å². The number of rotatable bonds is 1. The summed E-state index contributed by atoms with van der Waals surface area (Å²) in [7, 11) is 0. The van der Waals surface area contributed by atoms with E-state index in [1.807, 2.05) is 0 Å². The molecule has 0 bridgehead atoms. The third kappa shape index (κ3) is 1.67. The normalized spacial score (nSPS) is 28.4. The van der Waals surface area contributed by atoms with E-state index in [-0.39, 0.29) is 13.8 Å². The minimum Gasteiger partial charge on any atom is -0.239 e. The SMILES string of the molecule is CC(C)(F)C1=C(F)C(F)(F)C(F)(F)C(F)(F)C1(F)F. The number of allylic oxidation sites excluding steroid dienone is 2. The quantitative estimate of drug-likeness (QED) is 0.625. The second kappa shape index (κ2) is 3.57. The van der Waals surface area contributed by atoms with Crippen LogP contribution in [0.25, 0.3) is 0 Å². The molecule has 0 atom stereocenters. The lowest BCUT2D eigenvalue weighted by Crippen LogP contribution is -2.68. The van der Waals surface area contributed by atoms with Crippen LogP contribution in [0.2, 0.25) is 0 Å².